The summed E-state index contributed by atoms with van der Waals surface area (Å²) in [6.07, 6.45) is -1.03. The van der Waals surface area contributed by atoms with Crippen LogP contribution in [-0.4, -0.2) is 164 Å². The molecule has 0 spiro atoms. The molecule has 492 valence electrons. The molecular weight excluding hydrogens is 1270 g/mol. The number of pyridine rings is 2. The Labute approximate surface area is 538 Å². The van der Waals surface area contributed by atoms with E-state index in [1.54, 1.807) is 0 Å². The fourth-order valence-electron chi connectivity index (χ4n) is 17.1. The van der Waals surface area contributed by atoms with Crippen molar-refractivity contribution >= 4 is 74.2 Å². The lowest BCUT2D eigenvalue weighted by Gasteiger charge is -2.46. The van der Waals surface area contributed by atoms with Gasteiger partial charge in [-0.05, 0) is 114 Å². The quantitative estimate of drug-likeness (QED) is 0.0955. The minimum Gasteiger partial charge on any atom is -0.489 e. The Bertz CT molecular complexity index is 4200. The van der Waals surface area contributed by atoms with Crippen LogP contribution in [0.15, 0.2) is 36.4 Å². The number of benzene rings is 2. The van der Waals surface area contributed by atoms with E-state index in [-0.39, 0.29) is 147 Å². The van der Waals surface area contributed by atoms with Crippen LogP contribution in [0.5, 0.6) is 23.5 Å². The summed E-state index contributed by atoms with van der Waals surface area (Å²) in [5, 5.41) is 3.19. The molecule has 8 fully saturated rings. The molecule has 8 atom stereocenters. The highest BCUT2D eigenvalue weighted by Gasteiger charge is 2.53. The van der Waals surface area contributed by atoms with E-state index in [4.69, 9.17) is 63.6 Å². The Kier molecular flexibility index (Phi) is 14.7. The highest BCUT2D eigenvalue weighted by molar-refractivity contribution is 6.37. The van der Waals surface area contributed by atoms with Crippen molar-refractivity contribution in [2.45, 2.75) is 145 Å². The van der Waals surface area contributed by atoms with Gasteiger partial charge in [-0.25, -0.2) is 18.7 Å². The molecule has 0 aliphatic carbocycles. The number of fused-ring (bicyclic) bond motifs is 12. The summed E-state index contributed by atoms with van der Waals surface area (Å²) in [6.45, 7) is 17.4. The number of nitrogen functional groups attached to an aromatic ring is 2. The normalized spacial score (nSPS) is 27.0. The number of hydrogen-bond acceptors (Lipinski definition) is 18. The molecule has 8 saturated heterocycles. The maximum Gasteiger partial charge on any atom is 0.418 e. The highest BCUT2D eigenvalue weighted by Crippen LogP contribution is 2.55. The van der Waals surface area contributed by atoms with E-state index in [0.29, 0.717) is 24.7 Å². The number of halogens is 10. The average Bonchev–Trinajstić information content (AvgIpc) is 1.71. The van der Waals surface area contributed by atoms with Crippen molar-refractivity contribution < 1.29 is 58.9 Å². The number of alkyl halides is 6. The Morgan fingerprint density at radius 2 is 1.17 bits per heavy atom. The molecule has 10 aliphatic rings. The van der Waals surface area contributed by atoms with Crippen molar-refractivity contribution in [2.75, 3.05) is 87.0 Å². The molecule has 2 aromatic carbocycles. The third-order valence-electron chi connectivity index (χ3n) is 20.9. The van der Waals surface area contributed by atoms with Gasteiger partial charge in [-0.2, -0.15) is 46.3 Å². The van der Waals surface area contributed by atoms with Crippen LogP contribution in [0.3, 0.4) is 0 Å². The van der Waals surface area contributed by atoms with Crippen molar-refractivity contribution in [1.29, 1.82) is 0 Å². The SMILES string of the molecule is C=C1CN2CCC[C@@]2(COc2nc3c4c(c(Cl)c(-c5nc(N)cc(C)c5C(F)(F)F)c(F)c4n2)OC[C@@H]2[C@@H]4CC[C@H](CN32)N4)C1.C=C1CN2CCC[C@@]2(COc2nc3c4c(c(Cl)c(-c5nc(N)cc(C)c5C(F)(F)F)c(F)c4n2)OC[C@@H]2[C@@H]4CC[C@H](CN32)N4C(C)=O)C1. The molecule has 29 heteroatoms. The largest absolute Gasteiger partial charge is 0.489 e. The highest BCUT2D eigenvalue weighted by atomic mass is 35.5. The lowest BCUT2D eigenvalue weighted by molar-refractivity contribution is -0.138. The van der Waals surface area contributed by atoms with Gasteiger partial charge in [-0.3, -0.25) is 14.6 Å². The minimum absolute atomic E-state index is 0.0116. The number of carbonyl (C=O) groups excluding carboxylic acids is 1. The molecule has 10 aliphatic heterocycles. The predicted octanol–water partition coefficient (Wildman–Crippen LogP) is 10.8. The summed E-state index contributed by atoms with van der Waals surface area (Å²) < 4.78 is 146. The molecule has 14 heterocycles. The standard InChI is InChI=1S/C33H34ClF4N7O3.C31H32ClF4N7O2/c1-15-10-32(7-4-8-43(32)11-15)14-48-31-41-28-23-29(25(34)22(26(28)35)27-24(33(36,37)38)16(2)9-21(39)40-27)47-13-20-19-6-5-18(45(19)17(3)46)12-44(20)30(23)42-31;1-14-9-30(6-3-7-42(30)10-14)13-45-29-40-26-21-27(44-12-18-17-5-4-16(38-17)11-43(18)28(21)41-29)23(32)20(24(26)33)25-22(31(34,35)36)15(2)8-19(37)39-25/h9,18-20H,1,4-8,10-14H2,2-3H3,(H2,39,40);8,16-18,38H,1,3-7,9-13H2,2H3,(H2,37,39)/t18-,19+,20-,32+;16-,17+,18-,30+/m11/s1. The monoisotopic (exact) mass is 1330 g/mol. The van der Waals surface area contributed by atoms with Crippen LogP contribution in [-0.2, 0) is 17.1 Å². The van der Waals surface area contributed by atoms with Crippen molar-refractivity contribution in [1.82, 2.24) is 49.9 Å². The van der Waals surface area contributed by atoms with Gasteiger partial charge in [0, 0.05) is 51.2 Å². The smallest absolute Gasteiger partial charge is 0.418 e. The molecule has 1 amide bonds. The average molecular weight is 1330 g/mol. The number of nitrogens with zero attached hydrogens (tertiary/aromatic N) is 11. The summed E-state index contributed by atoms with van der Waals surface area (Å²) in [4.78, 5) is 49.9. The van der Waals surface area contributed by atoms with Gasteiger partial charge in [0.15, 0.2) is 23.1 Å². The molecule has 93 heavy (non-hydrogen) atoms. The molecule has 0 saturated carbocycles. The Hall–Kier alpha value is -7.33. The van der Waals surface area contributed by atoms with Crippen LogP contribution < -0.4 is 45.5 Å². The van der Waals surface area contributed by atoms with Gasteiger partial charge >= 0.3 is 24.4 Å². The second-order valence-electron chi connectivity index (χ2n) is 26.7. The zero-order valence-electron chi connectivity index (χ0n) is 51.1. The molecule has 4 bridgehead atoms. The van der Waals surface area contributed by atoms with E-state index in [0.717, 1.165) is 114 Å². The zero-order chi connectivity index (χ0) is 65.3. The molecule has 0 unspecified atom stereocenters. The van der Waals surface area contributed by atoms with Crippen molar-refractivity contribution in [2.24, 2.45) is 0 Å². The molecule has 0 radical (unpaired) electrons. The molecule has 4 aromatic heterocycles. The number of carbonyl (C=O) groups is 1. The Morgan fingerprint density at radius 3 is 1.66 bits per heavy atom. The van der Waals surface area contributed by atoms with Crippen LogP contribution in [0.2, 0.25) is 10.0 Å². The summed E-state index contributed by atoms with van der Waals surface area (Å²) in [7, 11) is 0. The molecule has 6 aromatic rings. The third kappa shape index (κ3) is 9.99. The number of ether oxygens (including phenoxy) is 4. The van der Waals surface area contributed by atoms with Gasteiger partial charge in [0.1, 0.15) is 60.7 Å². The number of piperazine rings is 2. The van der Waals surface area contributed by atoms with Crippen LogP contribution >= 0.6 is 23.2 Å². The lowest BCUT2D eigenvalue weighted by atomic mass is 9.94. The number of amides is 1. The predicted molar refractivity (Wildman–Crippen MR) is 332 cm³/mol. The maximum atomic E-state index is 17.0. The van der Waals surface area contributed by atoms with Crippen LogP contribution in [0.1, 0.15) is 93.4 Å². The number of anilines is 4. The van der Waals surface area contributed by atoms with Gasteiger partial charge in [0.25, 0.3) is 0 Å². The molecule has 16 rings (SSSR count). The third-order valence-corrected chi connectivity index (χ3v) is 21.6. The number of aromatic nitrogens is 6. The number of nitrogens with two attached hydrogens (primary N) is 2. The van der Waals surface area contributed by atoms with Gasteiger partial charge in [-0.1, -0.05) is 47.5 Å². The second kappa shape index (κ2) is 22.1. The van der Waals surface area contributed by atoms with E-state index in [9.17, 15) is 31.1 Å². The second-order valence-corrected chi connectivity index (χ2v) is 27.5. The zero-order valence-corrected chi connectivity index (χ0v) is 52.6. The number of aryl methyl sites for hydroxylation is 2. The van der Waals surface area contributed by atoms with E-state index in [1.807, 2.05) is 9.80 Å². The molecular formula is C64H66Cl2F8N14O5. The molecule has 5 N–H and O–H groups in total. The van der Waals surface area contributed by atoms with Gasteiger partial charge < -0.3 is 50.4 Å². The first-order valence-electron chi connectivity index (χ1n) is 31.3. The van der Waals surface area contributed by atoms with Crippen LogP contribution in [0.4, 0.5) is 58.4 Å². The number of hydrogen-bond donors (Lipinski definition) is 3. The van der Waals surface area contributed by atoms with Crippen molar-refractivity contribution in [3.63, 3.8) is 0 Å². The fourth-order valence-corrected chi connectivity index (χ4v) is 17.8. The van der Waals surface area contributed by atoms with Gasteiger partial charge in [-0.15, -0.1) is 0 Å². The Morgan fingerprint density at radius 1 is 0.688 bits per heavy atom. The van der Waals surface area contributed by atoms with Gasteiger partial charge in [0.2, 0.25) is 5.91 Å². The maximum absolute atomic E-state index is 17.0. The van der Waals surface area contributed by atoms with Crippen molar-refractivity contribution in [3.8, 4) is 46.0 Å². The minimum atomic E-state index is -4.90. The number of nitrogens with one attached hydrogen (secondary N) is 1. The molecule has 19 nitrogen and oxygen atoms in total. The van der Waals surface area contributed by atoms with E-state index in [2.05, 4.69) is 53.1 Å². The summed E-state index contributed by atoms with van der Waals surface area (Å²) in [5.41, 5.74) is 7.49. The first-order chi connectivity index (χ1) is 44.2. The van der Waals surface area contributed by atoms with Crippen LogP contribution in [0.25, 0.3) is 44.3 Å². The fraction of sp³-hybridized carbons (Fsp3) is 0.516. The number of rotatable bonds is 8. The van der Waals surface area contributed by atoms with E-state index in [1.165, 1.54) is 20.8 Å². The lowest BCUT2D eigenvalue weighted by Crippen LogP contribution is -2.62. The Balaban J connectivity index is 0.000000154. The first-order valence-corrected chi connectivity index (χ1v) is 32.0. The van der Waals surface area contributed by atoms with E-state index < -0.39 is 68.7 Å². The topological polar surface area (TPSA) is 212 Å². The van der Waals surface area contributed by atoms with Crippen molar-refractivity contribution in [3.05, 3.63) is 80.4 Å². The van der Waals surface area contributed by atoms with E-state index >= 15 is 8.78 Å². The summed E-state index contributed by atoms with van der Waals surface area (Å²) >= 11 is 13.7. The van der Waals surface area contributed by atoms with Gasteiger partial charge in [0.05, 0.1) is 83.7 Å². The summed E-state index contributed by atoms with van der Waals surface area (Å²) in [6, 6.07) is 1.38. The summed E-state index contributed by atoms with van der Waals surface area (Å²) in [5.74, 6) is -2.07. The first kappa shape index (κ1) is 61.8. The van der Waals surface area contributed by atoms with Crippen LogP contribution in [0, 0.1) is 25.5 Å².